The number of rotatable bonds is 5. The van der Waals surface area contributed by atoms with Crippen LogP contribution in [0.3, 0.4) is 0 Å². The van der Waals surface area contributed by atoms with Gasteiger partial charge >= 0.3 is 0 Å². The minimum Gasteiger partial charge on any atom is -0.325 e. The number of carbonyl (C=O) groups is 1. The zero-order valence-electron chi connectivity index (χ0n) is 15.4. The molecule has 0 atom stereocenters. The number of amides is 1. The monoisotopic (exact) mass is 425 g/mol. The van der Waals surface area contributed by atoms with E-state index in [1.165, 1.54) is 16.4 Å². The van der Waals surface area contributed by atoms with Crippen molar-refractivity contribution in [3.8, 4) is 0 Å². The fraction of sp³-hybridized carbons (Fsp3) is 0.316. The molecule has 0 aliphatic carbocycles. The van der Waals surface area contributed by atoms with E-state index in [0.29, 0.717) is 18.7 Å². The number of aryl methyl sites for hydroxylation is 1. The van der Waals surface area contributed by atoms with Crippen molar-refractivity contribution in [1.82, 2.24) is 8.61 Å². The smallest absolute Gasteiger partial charge is 0.282 e. The molecule has 0 saturated carbocycles. The van der Waals surface area contributed by atoms with Crippen LogP contribution in [-0.2, 0) is 21.5 Å². The fourth-order valence-electron chi connectivity index (χ4n) is 3.05. The van der Waals surface area contributed by atoms with Crippen molar-refractivity contribution in [2.45, 2.75) is 19.9 Å². The summed E-state index contributed by atoms with van der Waals surface area (Å²) in [6, 6.07) is 11.4. The van der Waals surface area contributed by atoms with Gasteiger partial charge in [0, 0.05) is 25.3 Å². The van der Waals surface area contributed by atoms with Crippen LogP contribution >= 0.6 is 11.6 Å². The van der Waals surface area contributed by atoms with Crippen molar-refractivity contribution in [3.05, 3.63) is 64.4 Å². The number of hydrogen-bond donors (Lipinski definition) is 1. The lowest BCUT2D eigenvalue weighted by atomic mass is 10.1. The Morgan fingerprint density at radius 2 is 1.89 bits per heavy atom. The van der Waals surface area contributed by atoms with E-state index in [1.54, 1.807) is 0 Å². The lowest BCUT2D eigenvalue weighted by Crippen LogP contribution is -2.51. The minimum atomic E-state index is -3.76. The molecule has 150 valence electrons. The highest BCUT2D eigenvalue weighted by atomic mass is 35.5. The highest BCUT2D eigenvalue weighted by Gasteiger charge is 2.34. The molecule has 1 amide bonds. The zero-order valence-corrected chi connectivity index (χ0v) is 16.9. The SMILES string of the molecule is Cc1ccccc1CN1CCCN(CC(=O)Nc2ccc(F)c(Cl)c2)S1(=O)=O. The lowest BCUT2D eigenvalue weighted by molar-refractivity contribution is -0.116. The number of nitrogens with zero attached hydrogens (tertiary/aromatic N) is 2. The Hall–Kier alpha value is -2.00. The van der Waals surface area contributed by atoms with Gasteiger partial charge < -0.3 is 5.32 Å². The summed E-state index contributed by atoms with van der Waals surface area (Å²) in [5.74, 6) is -1.10. The number of nitrogens with one attached hydrogen (secondary N) is 1. The summed E-state index contributed by atoms with van der Waals surface area (Å²) in [6.07, 6.45) is 0.626. The molecule has 28 heavy (non-hydrogen) atoms. The first-order valence-corrected chi connectivity index (χ1v) is 10.6. The molecule has 2 aromatic carbocycles. The third-order valence-electron chi connectivity index (χ3n) is 4.60. The highest BCUT2D eigenvalue weighted by Crippen LogP contribution is 2.22. The molecule has 2 aromatic rings. The van der Waals surface area contributed by atoms with Gasteiger partial charge in [-0.1, -0.05) is 35.9 Å². The maximum atomic E-state index is 13.2. The van der Waals surface area contributed by atoms with Crippen LogP contribution in [0.2, 0.25) is 5.02 Å². The topological polar surface area (TPSA) is 69.7 Å². The van der Waals surface area contributed by atoms with E-state index in [9.17, 15) is 17.6 Å². The number of anilines is 1. The number of halogens is 2. The van der Waals surface area contributed by atoms with Crippen molar-refractivity contribution in [2.24, 2.45) is 0 Å². The first-order chi connectivity index (χ1) is 13.3. The molecule has 0 bridgehead atoms. The zero-order chi connectivity index (χ0) is 20.3. The van der Waals surface area contributed by atoms with Gasteiger partial charge in [0.05, 0.1) is 11.6 Å². The number of hydrogen-bond acceptors (Lipinski definition) is 3. The summed E-state index contributed by atoms with van der Waals surface area (Å²) in [6.45, 7) is 2.56. The molecule has 1 aliphatic rings. The molecular weight excluding hydrogens is 405 g/mol. The largest absolute Gasteiger partial charge is 0.325 e. The molecule has 0 aromatic heterocycles. The summed E-state index contributed by atoms with van der Waals surface area (Å²) in [4.78, 5) is 12.3. The Kier molecular flexibility index (Phi) is 6.34. The van der Waals surface area contributed by atoms with E-state index >= 15 is 0 Å². The highest BCUT2D eigenvalue weighted by molar-refractivity contribution is 7.86. The van der Waals surface area contributed by atoms with Gasteiger partial charge in [0.1, 0.15) is 5.82 Å². The first-order valence-electron chi connectivity index (χ1n) is 8.82. The van der Waals surface area contributed by atoms with Gasteiger partial charge in [-0.25, -0.2) is 4.39 Å². The maximum Gasteiger partial charge on any atom is 0.282 e. The van der Waals surface area contributed by atoms with Crippen molar-refractivity contribution < 1.29 is 17.6 Å². The van der Waals surface area contributed by atoms with Gasteiger partial charge in [-0.3, -0.25) is 4.79 Å². The van der Waals surface area contributed by atoms with Crippen LogP contribution in [0.25, 0.3) is 0 Å². The van der Waals surface area contributed by atoms with Crippen LogP contribution in [0.5, 0.6) is 0 Å². The summed E-state index contributed by atoms with van der Waals surface area (Å²) in [5, 5.41) is 2.44. The normalized spacial score (nSPS) is 17.4. The van der Waals surface area contributed by atoms with E-state index in [1.807, 2.05) is 31.2 Å². The van der Waals surface area contributed by atoms with Crippen LogP contribution < -0.4 is 5.32 Å². The average Bonchev–Trinajstić information content (AvgIpc) is 2.63. The maximum absolute atomic E-state index is 13.2. The van der Waals surface area contributed by atoms with Gasteiger partial charge in [-0.2, -0.15) is 17.0 Å². The molecule has 1 N–H and O–H groups in total. The van der Waals surface area contributed by atoms with Crippen LogP contribution in [-0.4, -0.2) is 42.6 Å². The lowest BCUT2D eigenvalue weighted by Gasteiger charge is -2.34. The van der Waals surface area contributed by atoms with Crippen molar-refractivity contribution in [1.29, 1.82) is 0 Å². The minimum absolute atomic E-state index is 0.118. The second kappa shape index (κ2) is 8.57. The van der Waals surface area contributed by atoms with Gasteiger partial charge in [0.15, 0.2) is 0 Å². The Labute approximate surface area is 169 Å². The number of benzene rings is 2. The van der Waals surface area contributed by atoms with Gasteiger partial charge in [-0.05, 0) is 42.7 Å². The molecular formula is C19H21ClFN3O3S. The van der Waals surface area contributed by atoms with Crippen molar-refractivity contribution in [3.63, 3.8) is 0 Å². The quantitative estimate of drug-likeness (QED) is 0.799. The van der Waals surface area contributed by atoms with Crippen molar-refractivity contribution in [2.75, 3.05) is 25.0 Å². The molecule has 0 radical (unpaired) electrons. The summed E-state index contributed by atoms with van der Waals surface area (Å²) in [5.41, 5.74) is 2.25. The Bertz CT molecular complexity index is 984. The second-order valence-corrected chi connectivity index (χ2v) is 8.97. The van der Waals surface area contributed by atoms with E-state index in [2.05, 4.69) is 5.32 Å². The van der Waals surface area contributed by atoms with Crippen LogP contribution in [0.4, 0.5) is 10.1 Å². The third-order valence-corrected chi connectivity index (χ3v) is 6.82. The Morgan fingerprint density at radius 3 is 2.61 bits per heavy atom. The van der Waals surface area contributed by atoms with Gasteiger partial charge in [0.25, 0.3) is 10.2 Å². The van der Waals surface area contributed by atoms with E-state index in [4.69, 9.17) is 11.6 Å². The third kappa shape index (κ3) is 4.70. The molecule has 1 fully saturated rings. The van der Waals surface area contributed by atoms with E-state index in [-0.39, 0.29) is 24.7 Å². The second-order valence-electron chi connectivity index (χ2n) is 6.63. The molecule has 3 rings (SSSR count). The summed E-state index contributed by atoms with van der Waals surface area (Å²) >= 11 is 5.70. The molecule has 1 aliphatic heterocycles. The van der Waals surface area contributed by atoms with Crippen molar-refractivity contribution >= 4 is 33.4 Å². The molecule has 0 unspecified atom stereocenters. The molecule has 9 heteroatoms. The van der Waals surface area contributed by atoms with E-state index in [0.717, 1.165) is 21.5 Å². The Balaban J connectivity index is 1.68. The molecule has 1 heterocycles. The molecule has 6 nitrogen and oxygen atoms in total. The molecule has 0 spiro atoms. The first kappa shape index (κ1) is 20.7. The van der Waals surface area contributed by atoms with Crippen LogP contribution in [0, 0.1) is 12.7 Å². The summed E-state index contributed by atoms with van der Waals surface area (Å²) in [7, 11) is -3.76. The average molecular weight is 426 g/mol. The summed E-state index contributed by atoms with van der Waals surface area (Å²) < 4.78 is 41.6. The van der Waals surface area contributed by atoms with E-state index < -0.39 is 21.9 Å². The molecule has 1 saturated heterocycles. The Morgan fingerprint density at radius 1 is 1.18 bits per heavy atom. The van der Waals surface area contributed by atoms with Crippen LogP contribution in [0.1, 0.15) is 17.5 Å². The number of carbonyl (C=O) groups excluding carboxylic acids is 1. The standard InChI is InChI=1S/C19H21ClFN3O3S/c1-14-5-2-3-6-15(14)12-23-9-4-10-24(28(23,26)27)13-19(25)22-16-7-8-18(21)17(20)11-16/h2-3,5-8,11H,4,9-10,12-13H2,1H3,(H,22,25). The predicted molar refractivity (Wildman–Crippen MR) is 107 cm³/mol. The fourth-order valence-corrected chi connectivity index (χ4v) is 4.86. The predicted octanol–water partition coefficient (Wildman–Crippen LogP) is 3.18. The van der Waals surface area contributed by atoms with Gasteiger partial charge in [-0.15, -0.1) is 0 Å². The van der Waals surface area contributed by atoms with Gasteiger partial charge in [0.2, 0.25) is 5.91 Å². The van der Waals surface area contributed by atoms with Crippen LogP contribution in [0.15, 0.2) is 42.5 Å².